The molecule has 0 radical (unpaired) electrons. The van der Waals surface area contributed by atoms with Crippen LogP contribution >= 0.6 is 0 Å². The van der Waals surface area contributed by atoms with E-state index in [1.807, 2.05) is 18.2 Å². The summed E-state index contributed by atoms with van der Waals surface area (Å²) in [6.45, 7) is 6.74. The average molecular weight is 431 g/mol. The number of hydrogen-bond donors (Lipinski definition) is 2. The Balaban J connectivity index is 1.45. The average Bonchev–Trinajstić information content (AvgIpc) is 3.45. The third-order valence-corrected chi connectivity index (χ3v) is 5.31. The van der Waals surface area contributed by atoms with Crippen molar-refractivity contribution in [2.45, 2.75) is 45.1 Å². The van der Waals surface area contributed by atoms with Crippen LogP contribution in [0, 0.1) is 0 Å². The summed E-state index contributed by atoms with van der Waals surface area (Å²) in [7, 11) is 5.14. The van der Waals surface area contributed by atoms with Crippen LogP contribution in [0.1, 0.15) is 44.3 Å². The van der Waals surface area contributed by atoms with Crippen LogP contribution in [-0.4, -0.2) is 63.0 Å². The first-order valence-corrected chi connectivity index (χ1v) is 10.8. The zero-order valence-corrected chi connectivity index (χ0v) is 19.1. The lowest BCUT2D eigenvalue weighted by Gasteiger charge is -2.21. The van der Waals surface area contributed by atoms with Crippen LogP contribution in [0.2, 0.25) is 0 Å². The van der Waals surface area contributed by atoms with Gasteiger partial charge < -0.3 is 29.5 Å². The maximum absolute atomic E-state index is 5.40. The normalized spacial score (nSPS) is 16.6. The van der Waals surface area contributed by atoms with Gasteiger partial charge in [0, 0.05) is 68.9 Å². The van der Waals surface area contributed by atoms with Crippen LogP contribution < -0.4 is 25.0 Å². The van der Waals surface area contributed by atoms with Crippen molar-refractivity contribution in [3.8, 4) is 11.5 Å². The standard InChI is InChI=1S/C22H34N6O3/c1-15(2)21-26-20(31-27-21)7-6-9-24-22(23-3)25-16-8-10-28(14-16)17-11-18(29-4)13-19(12-17)30-5/h11-13,15-16H,6-10,14H2,1-5H3,(H2,23,24,25). The molecule has 1 aliphatic rings. The lowest BCUT2D eigenvalue weighted by Crippen LogP contribution is -2.44. The number of hydrogen-bond acceptors (Lipinski definition) is 7. The number of rotatable bonds is 9. The van der Waals surface area contributed by atoms with Crippen molar-refractivity contribution in [1.29, 1.82) is 0 Å². The van der Waals surface area contributed by atoms with E-state index < -0.39 is 0 Å². The second-order valence-corrected chi connectivity index (χ2v) is 7.95. The van der Waals surface area contributed by atoms with Crippen LogP contribution in [0.4, 0.5) is 5.69 Å². The van der Waals surface area contributed by atoms with Gasteiger partial charge in [-0.25, -0.2) is 0 Å². The highest BCUT2D eigenvalue weighted by molar-refractivity contribution is 5.80. The van der Waals surface area contributed by atoms with Gasteiger partial charge in [-0.3, -0.25) is 4.99 Å². The Kier molecular flexibility index (Phi) is 7.97. The first-order chi connectivity index (χ1) is 15.0. The van der Waals surface area contributed by atoms with Gasteiger partial charge >= 0.3 is 0 Å². The highest BCUT2D eigenvalue weighted by Gasteiger charge is 2.24. The van der Waals surface area contributed by atoms with Crippen molar-refractivity contribution >= 4 is 11.6 Å². The molecule has 0 saturated carbocycles. The van der Waals surface area contributed by atoms with Crippen LogP contribution in [0.25, 0.3) is 0 Å². The number of benzene rings is 1. The van der Waals surface area contributed by atoms with Gasteiger partial charge in [0.2, 0.25) is 5.89 Å². The van der Waals surface area contributed by atoms with Crippen molar-refractivity contribution in [2.24, 2.45) is 4.99 Å². The minimum atomic E-state index is 0.280. The van der Waals surface area contributed by atoms with E-state index in [4.69, 9.17) is 14.0 Å². The SMILES string of the molecule is CN=C(NCCCc1nc(C(C)C)no1)NC1CCN(c2cc(OC)cc(OC)c2)C1. The molecule has 0 amide bonds. The van der Waals surface area contributed by atoms with Crippen molar-refractivity contribution in [3.05, 3.63) is 29.9 Å². The van der Waals surface area contributed by atoms with Gasteiger partial charge in [-0.2, -0.15) is 4.98 Å². The molecule has 1 atom stereocenters. The predicted octanol–water partition coefficient (Wildman–Crippen LogP) is 2.59. The Hall–Kier alpha value is -2.97. The molecule has 170 valence electrons. The fourth-order valence-electron chi connectivity index (χ4n) is 3.53. The summed E-state index contributed by atoms with van der Waals surface area (Å²) in [5, 5.41) is 10.9. The van der Waals surface area contributed by atoms with E-state index in [1.165, 1.54) is 0 Å². The highest BCUT2D eigenvalue weighted by Crippen LogP contribution is 2.30. The van der Waals surface area contributed by atoms with E-state index in [2.05, 4.69) is 44.5 Å². The first kappa shape index (κ1) is 22.7. The molecule has 3 rings (SSSR count). The fourth-order valence-corrected chi connectivity index (χ4v) is 3.53. The number of anilines is 1. The van der Waals surface area contributed by atoms with E-state index >= 15 is 0 Å². The summed E-state index contributed by atoms with van der Waals surface area (Å²) in [5.74, 6) is 4.13. The molecule has 1 unspecified atom stereocenters. The molecule has 0 bridgehead atoms. The van der Waals surface area contributed by atoms with E-state index in [-0.39, 0.29) is 5.92 Å². The Morgan fingerprint density at radius 1 is 1.26 bits per heavy atom. The molecule has 0 spiro atoms. The second kappa shape index (κ2) is 10.9. The molecule has 1 fully saturated rings. The van der Waals surface area contributed by atoms with E-state index in [0.29, 0.717) is 11.9 Å². The third-order valence-electron chi connectivity index (χ3n) is 5.31. The summed E-state index contributed by atoms with van der Waals surface area (Å²) >= 11 is 0. The largest absolute Gasteiger partial charge is 0.497 e. The molecule has 2 aromatic rings. The fraction of sp³-hybridized carbons (Fsp3) is 0.591. The molecule has 0 aliphatic carbocycles. The van der Waals surface area contributed by atoms with Gasteiger partial charge in [-0.05, 0) is 12.8 Å². The summed E-state index contributed by atoms with van der Waals surface area (Å²) in [6, 6.07) is 6.28. The molecule has 9 heteroatoms. The first-order valence-electron chi connectivity index (χ1n) is 10.8. The number of methoxy groups -OCH3 is 2. The maximum Gasteiger partial charge on any atom is 0.226 e. The Morgan fingerprint density at radius 2 is 2.00 bits per heavy atom. The Morgan fingerprint density at radius 3 is 2.61 bits per heavy atom. The molecule has 1 aromatic heterocycles. The molecule has 2 N–H and O–H groups in total. The van der Waals surface area contributed by atoms with Gasteiger partial charge in [0.05, 0.1) is 14.2 Å². The molecular formula is C22H34N6O3. The topological polar surface area (TPSA) is 97.0 Å². The minimum absolute atomic E-state index is 0.280. The number of ether oxygens (including phenoxy) is 2. The Labute approximate surface area is 184 Å². The molecule has 31 heavy (non-hydrogen) atoms. The van der Waals surface area contributed by atoms with Crippen molar-refractivity contribution in [3.63, 3.8) is 0 Å². The molecule has 1 saturated heterocycles. The minimum Gasteiger partial charge on any atom is -0.497 e. The highest BCUT2D eigenvalue weighted by atomic mass is 16.5. The van der Waals surface area contributed by atoms with Crippen LogP contribution in [0.3, 0.4) is 0 Å². The summed E-state index contributed by atoms with van der Waals surface area (Å²) in [4.78, 5) is 11.1. The summed E-state index contributed by atoms with van der Waals surface area (Å²) < 4.78 is 16.1. The Bertz CT molecular complexity index is 844. The lowest BCUT2D eigenvalue weighted by molar-refractivity contribution is 0.368. The van der Waals surface area contributed by atoms with Gasteiger partial charge in [-0.15, -0.1) is 0 Å². The zero-order valence-electron chi connectivity index (χ0n) is 19.1. The van der Waals surface area contributed by atoms with Crippen LogP contribution in [-0.2, 0) is 6.42 Å². The van der Waals surface area contributed by atoms with Crippen molar-refractivity contribution < 1.29 is 14.0 Å². The van der Waals surface area contributed by atoms with Crippen LogP contribution in [0.5, 0.6) is 11.5 Å². The molecule has 9 nitrogen and oxygen atoms in total. The van der Waals surface area contributed by atoms with Crippen molar-refractivity contribution in [1.82, 2.24) is 20.8 Å². The third kappa shape index (κ3) is 6.26. The smallest absolute Gasteiger partial charge is 0.226 e. The maximum atomic E-state index is 5.40. The summed E-state index contributed by atoms with van der Waals surface area (Å²) in [6.07, 6.45) is 2.67. The van der Waals surface area contributed by atoms with E-state index in [1.54, 1.807) is 21.3 Å². The summed E-state index contributed by atoms with van der Waals surface area (Å²) in [5.41, 5.74) is 1.10. The van der Waals surface area contributed by atoms with Gasteiger partial charge in [-0.1, -0.05) is 19.0 Å². The molecule has 1 aliphatic heterocycles. The lowest BCUT2D eigenvalue weighted by atomic mass is 10.2. The predicted molar refractivity (Wildman–Crippen MR) is 121 cm³/mol. The molecule has 1 aromatic carbocycles. The van der Waals surface area contributed by atoms with E-state index in [9.17, 15) is 0 Å². The zero-order chi connectivity index (χ0) is 22.2. The molecular weight excluding hydrogens is 396 g/mol. The number of nitrogens with zero attached hydrogens (tertiary/aromatic N) is 4. The van der Waals surface area contributed by atoms with E-state index in [0.717, 1.165) is 67.9 Å². The van der Waals surface area contributed by atoms with Gasteiger partial charge in [0.25, 0.3) is 0 Å². The number of aromatic nitrogens is 2. The number of aliphatic imine (C=N–C) groups is 1. The molecule has 2 heterocycles. The number of aryl methyl sites for hydroxylation is 1. The van der Waals surface area contributed by atoms with Gasteiger partial charge in [0.15, 0.2) is 11.8 Å². The second-order valence-electron chi connectivity index (χ2n) is 7.95. The quantitative estimate of drug-likeness (QED) is 0.356. The van der Waals surface area contributed by atoms with Gasteiger partial charge in [0.1, 0.15) is 11.5 Å². The van der Waals surface area contributed by atoms with Crippen LogP contribution in [0.15, 0.2) is 27.7 Å². The monoisotopic (exact) mass is 430 g/mol. The van der Waals surface area contributed by atoms with Crippen molar-refractivity contribution in [2.75, 3.05) is 45.8 Å². The number of nitrogens with one attached hydrogen (secondary N) is 2. The number of guanidine groups is 1.